The fourth-order valence-electron chi connectivity index (χ4n) is 2.79. The van der Waals surface area contributed by atoms with Crippen molar-refractivity contribution >= 4 is 33.6 Å². The zero-order valence-corrected chi connectivity index (χ0v) is 18.1. The van der Waals surface area contributed by atoms with Crippen LogP contribution in [0, 0.1) is 5.92 Å². The van der Waals surface area contributed by atoms with Crippen molar-refractivity contribution in [2.45, 2.75) is 25.5 Å². The molecule has 0 spiro atoms. The first-order valence-electron chi connectivity index (χ1n) is 9.50. The van der Waals surface area contributed by atoms with E-state index in [4.69, 9.17) is 0 Å². The third kappa shape index (κ3) is 8.94. The van der Waals surface area contributed by atoms with Crippen molar-refractivity contribution in [2.24, 2.45) is 5.92 Å². The molecule has 7 heteroatoms. The van der Waals surface area contributed by atoms with E-state index in [-0.39, 0.29) is 11.0 Å². The normalized spacial score (nSPS) is 14.0. The quantitative estimate of drug-likeness (QED) is 0.532. The Morgan fingerprint density at radius 2 is 1.69 bits per heavy atom. The largest absolute Gasteiger partial charge is 0.374 e. The predicted molar refractivity (Wildman–Crippen MR) is 119 cm³/mol. The highest BCUT2D eigenvalue weighted by Gasteiger charge is 2.23. The number of aliphatic hydroxyl groups excluding tert-OH is 1. The summed E-state index contributed by atoms with van der Waals surface area (Å²) in [5.41, 5.74) is 1.60. The molecule has 0 saturated carbocycles. The predicted octanol–water partition coefficient (Wildman–Crippen LogP) is 3.01. The van der Waals surface area contributed by atoms with E-state index in [2.05, 4.69) is 5.32 Å². The van der Waals surface area contributed by atoms with Gasteiger partial charge in [-0.25, -0.2) is 0 Å². The van der Waals surface area contributed by atoms with Crippen LogP contribution in [0.25, 0.3) is 0 Å². The number of amides is 1. The Bertz CT molecular complexity index is 799. The molecule has 2 rings (SSSR count). The van der Waals surface area contributed by atoms with Crippen LogP contribution >= 0.6 is 11.8 Å². The third-order valence-electron chi connectivity index (χ3n) is 4.34. The number of benzene rings is 2. The zero-order valence-electron chi connectivity index (χ0n) is 16.5. The van der Waals surface area contributed by atoms with Crippen LogP contribution in [0.3, 0.4) is 0 Å². The minimum Gasteiger partial charge on any atom is -0.374 e. The van der Waals surface area contributed by atoms with Crippen LogP contribution in [-0.2, 0) is 22.0 Å². The molecule has 0 aliphatic rings. The summed E-state index contributed by atoms with van der Waals surface area (Å²) in [5, 5.41) is 12.6. The van der Waals surface area contributed by atoms with Gasteiger partial charge in [-0.15, -0.1) is 0 Å². The van der Waals surface area contributed by atoms with Gasteiger partial charge in [0.25, 0.3) is 0 Å². The zero-order chi connectivity index (χ0) is 21.1. The summed E-state index contributed by atoms with van der Waals surface area (Å²) in [4.78, 5) is 25.2. The average Bonchev–Trinajstić information content (AvgIpc) is 2.71. The van der Waals surface area contributed by atoms with Crippen LogP contribution < -0.4 is 5.32 Å². The topological polar surface area (TPSA) is 83.5 Å². The molecule has 3 unspecified atom stereocenters. The molecular formula is C22H27NO4S2. The Kier molecular flexibility index (Phi) is 10.1. The molecule has 0 radical (unpaired) electrons. The lowest BCUT2D eigenvalue weighted by atomic mass is 10.00. The van der Waals surface area contributed by atoms with Crippen molar-refractivity contribution in [3.63, 3.8) is 0 Å². The fourth-order valence-corrected chi connectivity index (χ4v) is 4.29. The van der Waals surface area contributed by atoms with Gasteiger partial charge in [0, 0.05) is 34.1 Å². The van der Waals surface area contributed by atoms with Crippen molar-refractivity contribution in [1.29, 1.82) is 0 Å². The maximum atomic E-state index is 12.7. The van der Waals surface area contributed by atoms with Gasteiger partial charge < -0.3 is 10.4 Å². The summed E-state index contributed by atoms with van der Waals surface area (Å²) < 4.78 is 11.1. The molecule has 0 aliphatic carbocycles. The lowest BCUT2D eigenvalue weighted by Crippen LogP contribution is -2.40. The van der Waals surface area contributed by atoms with Crippen molar-refractivity contribution in [1.82, 2.24) is 5.32 Å². The molecule has 2 aromatic rings. The van der Waals surface area contributed by atoms with Crippen molar-refractivity contribution in [2.75, 3.05) is 17.8 Å². The Labute approximate surface area is 178 Å². The fraction of sp³-hybridized carbons (Fsp3) is 0.364. The van der Waals surface area contributed by atoms with Crippen molar-refractivity contribution < 1.29 is 18.9 Å². The maximum absolute atomic E-state index is 12.7. The van der Waals surface area contributed by atoms with Crippen LogP contribution in [0.4, 0.5) is 0 Å². The first-order chi connectivity index (χ1) is 14.0. The Morgan fingerprint density at radius 1 is 1.07 bits per heavy atom. The minimum atomic E-state index is -0.987. The van der Waals surface area contributed by atoms with E-state index in [1.807, 2.05) is 48.5 Å². The van der Waals surface area contributed by atoms with E-state index in [1.54, 1.807) is 18.4 Å². The van der Waals surface area contributed by atoms with Gasteiger partial charge in [-0.1, -0.05) is 72.4 Å². The molecule has 5 nitrogen and oxygen atoms in total. The Morgan fingerprint density at radius 3 is 2.31 bits per heavy atom. The van der Waals surface area contributed by atoms with Crippen LogP contribution in [-0.4, -0.2) is 44.3 Å². The molecular weight excluding hydrogens is 406 g/mol. The Hall–Kier alpha value is -1.96. The maximum Gasteiger partial charge on any atom is 0.226 e. The second kappa shape index (κ2) is 12.6. The van der Waals surface area contributed by atoms with Crippen LogP contribution in [0.1, 0.15) is 28.8 Å². The molecule has 0 heterocycles. The number of carbonyl (C=O) groups excluding carboxylic acids is 2. The second-order valence-electron chi connectivity index (χ2n) is 6.80. The van der Waals surface area contributed by atoms with Gasteiger partial charge in [0.05, 0.1) is 5.92 Å². The second-order valence-corrected chi connectivity index (χ2v) is 9.34. The van der Waals surface area contributed by atoms with Gasteiger partial charge in [-0.3, -0.25) is 13.8 Å². The van der Waals surface area contributed by atoms with Gasteiger partial charge >= 0.3 is 0 Å². The summed E-state index contributed by atoms with van der Waals surface area (Å²) in [5.74, 6) is 0.0689. The number of thioether (sulfide) groups is 1. The number of rotatable bonds is 11. The number of hydrogen-bond acceptors (Lipinski definition) is 5. The van der Waals surface area contributed by atoms with Gasteiger partial charge in [-0.05, 0) is 24.8 Å². The molecule has 0 bridgehead atoms. The molecule has 3 atom stereocenters. The number of carbonyl (C=O) groups is 2. The number of hydrogen-bond donors (Lipinski definition) is 2. The summed E-state index contributed by atoms with van der Waals surface area (Å²) >= 11 is 1.11. The molecule has 0 saturated heterocycles. The molecule has 29 heavy (non-hydrogen) atoms. The third-order valence-corrected chi connectivity index (χ3v) is 6.27. The lowest BCUT2D eigenvalue weighted by Gasteiger charge is -2.19. The van der Waals surface area contributed by atoms with E-state index in [0.717, 1.165) is 17.3 Å². The first kappa shape index (κ1) is 23.3. The smallest absolute Gasteiger partial charge is 0.226 e. The van der Waals surface area contributed by atoms with E-state index < -0.39 is 22.9 Å². The van der Waals surface area contributed by atoms with Crippen LogP contribution in [0.2, 0.25) is 0 Å². The average molecular weight is 434 g/mol. The molecule has 2 aromatic carbocycles. The highest BCUT2D eigenvalue weighted by Crippen LogP contribution is 2.19. The monoisotopic (exact) mass is 433 g/mol. The molecule has 1 amide bonds. The highest BCUT2D eigenvalue weighted by molar-refractivity contribution is 8.14. The molecule has 0 aromatic heterocycles. The van der Waals surface area contributed by atoms with E-state index in [1.165, 1.54) is 0 Å². The van der Waals surface area contributed by atoms with Crippen molar-refractivity contribution in [3.05, 3.63) is 71.8 Å². The highest BCUT2D eigenvalue weighted by atomic mass is 32.2. The lowest BCUT2D eigenvalue weighted by molar-refractivity contribution is -0.127. The van der Waals surface area contributed by atoms with Gasteiger partial charge in [0.1, 0.15) is 6.23 Å². The molecule has 0 fully saturated rings. The van der Waals surface area contributed by atoms with Gasteiger partial charge in [-0.2, -0.15) is 0 Å². The van der Waals surface area contributed by atoms with E-state index in [0.29, 0.717) is 36.3 Å². The van der Waals surface area contributed by atoms with Gasteiger partial charge in [0.15, 0.2) is 0 Å². The molecule has 0 aliphatic heterocycles. The number of nitrogens with one attached hydrogen (secondary N) is 1. The van der Waals surface area contributed by atoms with Crippen LogP contribution in [0.15, 0.2) is 60.7 Å². The van der Waals surface area contributed by atoms with Gasteiger partial charge in [0.2, 0.25) is 11.0 Å². The first-order valence-corrected chi connectivity index (χ1v) is 12.2. The SMILES string of the molecule is CS(=O)CCCC(O)NC(=O)C(CSC(=O)c1ccccc1)Cc1ccccc1. The summed E-state index contributed by atoms with van der Waals surface area (Å²) in [6.07, 6.45) is 2.02. The van der Waals surface area contributed by atoms with Crippen molar-refractivity contribution in [3.8, 4) is 0 Å². The Balaban J connectivity index is 1.97. The molecule has 2 N–H and O–H groups in total. The van der Waals surface area contributed by atoms with Crippen LogP contribution in [0.5, 0.6) is 0 Å². The summed E-state index contributed by atoms with van der Waals surface area (Å²) in [6.45, 7) is 0. The summed E-state index contributed by atoms with van der Waals surface area (Å²) in [6, 6.07) is 18.6. The van der Waals surface area contributed by atoms with E-state index in [9.17, 15) is 18.9 Å². The van der Waals surface area contributed by atoms with E-state index >= 15 is 0 Å². The summed E-state index contributed by atoms with van der Waals surface area (Å²) in [7, 11) is -0.921. The minimum absolute atomic E-state index is 0.0811. The molecule has 156 valence electrons. The number of aliphatic hydroxyl groups is 1. The standard InChI is InChI=1S/C22H27NO4S2/c1-29(27)14-8-13-20(24)23-21(25)19(15-17-9-4-2-5-10-17)16-28-22(26)18-11-6-3-7-12-18/h2-7,9-12,19-20,24H,8,13-16H2,1H3,(H,23,25).